The molecule has 2 aromatic carbocycles. The zero-order chi connectivity index (χ0) is 27.2. The molecule has 0 spiro atoms. The number of halogens is 4. The van der Waals surface area contributed by atoms with Crippen molar-refractivity contribution < 1.29 is 18.0 Å². The number of carbonyl (C=O) groups excluding carboxylic acids is 2. The fourth-order valence-electron chi connectivity index (χ4n) is 3.47. The quantitative estimate of drug-likeness (QED) is 0.356. The van der Waals surface area contributed by atoms with Crippen LogP contribution in [0.25, 0.3) is 0 Å². The number of hydrogen-bond donors (Lipinski definition) is 1. The van der Waals surface area contributed by atoms with Crippen LogP contribution in [0.5, 0.6) is 0 Å². The lowest BCUT2D eigenvalue weighted by Gasteiger charge is -2.33. The average Bonchev–Trinajstić information content (AvgIpc) is 2.80. The van der Waals surface area contributed by atoms with E-state index in [1.165, 1.54) is 23.1 Å². The Hall–Kier alpha value is -1.71. The van der Waals surface area contributed by atoms with Crippen LogP contribution < -0.4 is 9.62 Å². The highest BCUT2D eigenvalue weighted by Gasteiger charge is 2.32. The number of anilines is 1. The average molecular weight is 597 g/mol. The van der Waals surface area contributed by atoms with Crippen molar-refractivity contribution in [2.45, 2.75) is 52.2 Å². The topological polar surface area (TPSA) is 86.8 Å². The summed E-state index contributed by atoms with van der Waals surface area (Å²) in [6.45, 7) is 4.99. The highest BCUT2D eigenvalue weighted by atomic mass is 35.5. The van der Waals surface area contributed by atoms with Crippen molar-refractivity contribution in [3.8, 4) is 0 Å². The Balaban J connectivity index is 2.51. The predicted octanol–water partition coefficient (Wildman–Crippen LogP) is 5.79. The second-order valence-corrected chi connectivity index (χ2v) is 11.9. The van der Waals surface area contributed by atoms with Gasteiger partial charge < -0.3 is 10.2 Å². The van der Waals surface area contributed by atoms with E-state index in [9.17, 15) is 18.0 Å². The molecule has 0 aliphatic rings. The molecule has 0 saturated heterocycles. The Labute approximate surface area is 232 Å². The number of nitrogens with one attached hydrogen (secondary N) is 1. The summed E-state index contributed by atoms with van der Waals surface area (Å²) in [7, 11) is -3.94. The summed E-state index contributed by atoms with van der Waals surface area (Å²) in [5, 5.41) is 3.90. The van der Waals surface area contributed by atoms with E-state index in [1.54, 1.807) is 25.1 Å². The Bertz CT molecular complexity index is 1210. The molecule has 1 N–H and O–H groups in total. The van der Waals surface area contributed by atoms with Gasteiger partial charge in [0.25, 0.3) is 0 Å². The van der Waals surface area contributed by atoms with Gasteiger partial charge in [-0.15, -0.1) is 0 Å². The van der Waals surface area contributed by atoms with E-state index in [-0.39, 0.29) is 34.2 Å². The molecule has 0 radical (unpaired) electrons. The maximum atomic E-state index is 13.7. The van der Waals surface area contributed by atoms with Crippen molar-refractivity contribution in [2.24, 2.45) is 0 Å². The fraction of sp³-hybridized carbons (Fsp3) is 0.417. The van der Waals surface area contributed by atoms with Crippen molar-refractivity contribution in [2.75, 3.05) is 17.1 Å². The van der Waals surface area contributed by atoms with Crippen LogP contribution in [0.4, 0.5) is 5.69 Å². The number of rotatable bonds is 11. The molecule has 0 aromatic heterocycles. The fourth-order valence-corrected chi connectivity index (χ4v) is 5.08. The summed E-state index contributed by atoms with van der Waals surface area (Å²) in [6, 6.07) is 8.25. The summed E-state index contributed by atoms with van der Waals surface area (Å²) in [6.07, 6.45) is 1.97. The van der Waals surface area contributed by atoms with E-state index < -0.39 is 28.5 Å². The van der Waals surface area contributed by atoms with Crippen LogP contribution in [0.2, 0.25) is 20.1 Å². The third-order valence-electron chi connectivity index (χ3n) is 5.58. The molecular formula is C24H29Cl4N3O4S. The number of sulfonamides is 1. The minimum atomic E-state index is -3.94. The van der Waals surface area contributed by atoms with Crippen molar-refractivity contribution >= 4 is 73.9 Å². The predicted molar refractivity (Wildman–Crippen MR) is 148 cm³/mol. The SMILES string of the molecule is CC[C@@H](C)NC(=O)[C@@H](CC)N(Cc1ccc(Cl)c(Cl)c1)C(=O)CN(c1cc(Cl)ccc1Cl)S(C)(=O)=O. The molecule has 0 unspecified atom stereocenters. The van der Waals surface area contributed by atoms with Crippen LogP contribution in [0.1, 0.15) is 39.2 Å². The number of hydrogen-bond acceptors (Lipinski definition) is 4. The second-order valence-electron chi connectivity index (χ2n) is 8.38. The molecule has 7 nitrogen and oxygen atoms in total. The number of benzene rings is 2. The van der Waals surface area contributed by atoms with Gasteiger partial charge in [0.15, 0.2) is 0 Å². The Morgan fingerprint density at radius 2 is 1.58 bits per heavy atom. The highest BCUT2D eigenvalue weighted by Crippen LogP contribution is 2.31. The highest BCUT2D eigenvalue weighted by molar-refractivity contribution is 7.92. The summed E-state index contributed by atoms with van der Waals surface area (Å²) in [4.78, 5) is 28.2. The van der Waals surface area contributed by atoms with E-state index in [0.29, 0.717) is 28.5 Å². The largest absolute Gasteiger partial charge is 0.352 e. The first-order chi connectivity index (χ1) is 16.8. The molecule has 0 aliphatic heterocycles. The van der Waals surface area contributed by atoms with Gasteiger partial charge in [-0.05, 0) is 55.7 Å². The Kier molecular flexibility index (Phi) is 11.2. The van der Waals surface area contributed by atoms with Gasteiger partial charge in [-0.3, -0.25) is 13.9 Å². The normalized spacial score (nSPS) is 13.1. The van der Waals surface area contributed by atoms with E-state index in [1.807, 2.05) is 13.8 Å². The van der Waals surface area contributed by atoms with Gasteiger partial charge >= 0.3 is 0 Å². The maximum Gasteiger partial charge on any atom is 0.244 e. The van der Waals surface area contributed by atoms with Crippen LogP contribution in [0.15, 0.2) is 36.4 Å². The van der Waals surface area contributed by atoms with Gasteiger partial charge in [0.05, 0.1) is 27.0 Å². The number of nitrogens with zero attached hydrogens (tertiary/aromatic N) is 2. The van der Waals surface area contributed by atoms with Gasteiger partial charge in [0.1, 0.15) is 12.6 Å². The van der Waals surface area contributed by atoms with Gasteiger partial charge in [-0.25, -0.2) is 8.42 Å². The van der Waals surface area contributed by atoms with Crippen molar-refractivity contribution in [1.82, 2.24) is 10.2 Å². The zero-order valence-electron chi connectivity index (χ0n) is 20.4. The number of amides is 2. The monoisotopic (exact) mass is 595 g/mol. The first-order valence-electron chi connectivity index (χ1n) is 11.2. The van der Waals surface area contributed by atoms with E-state index in [2.05, 4.69) is 5.32 Å². The summed E-state index contributed by atoms with van der Waals surface area (Å²) in [5.74, 6) is -0.944. The van der Waals surface area contributed by atoms with E-state index in [4.69, 9.17) is 46.4 Å². The number of carbonyl (C=O) groups is 2. The van der Waals surface area contributed by atoms with E-state index in [0.717, 1.165) is 10.6 Å². The smallest absolute Gasteiger partial charge is 0.244 e. The molecule has 0 saturated carbocycles. The van der Waals surface area contributed by atoms with Gasteiger partial charge in [-0.1, -0.05) is 66.3 Å². The van der Waals surface area contributed by atoms with Crippen LogP contribution in [-0.4, -0.2) is 50.0 Å². The Morgan fingerprint density at radius 3 is 2.14 bits per heavy atom. The first kappa shape index (κ1) is 30.5. The molecule has 198 valence electrons. The van der Waals surface area contributed by atoms with Crippen LogP contribution in [0.3, 0.4) is 0 Å². The lowest BCUT2D eigenvalue weighted by molar-refractivity contribution is -0.140. The summed E-state index contributed by atoms with van der Waals surface area (Å²) >= 11 is 24.5. The molecular weight excluding hydrogens is 568 g/mol. The molecule has 2 aromatic rings. The molecule has 2 atom stereocenters. The van der Waals surface area contributed by atoms with Crippen LogP contribution in [-0.2, 0) is 26.2 Å². The molecule has 0 fully saturated rings. The standard InChI is InChI=1S/C24H29Cl4N3O4S/c1-5-15(3)29-24(33)21(6-2)30(13-16-7-9-18(26)20(28)11-16)23(32)14-31(36(4,34)35)22-12-17(25)8-10-19(22)27/h7-12,15,21H,5-6,13-14H2,1-4H3,(H,29,33)/t15-,21-/m1/s1. The molecule has 2 amide bonds. The van der Waals surface area contributed by atoms with Gasteiger partial charge in [-0.2, -0.15) is 0 Å². The van der Waals surface area contributed by atoms with Gasteiger partial charge in [0.2, 0.25) is 21.8 Å². The Morgan fingerprint density at radius 1 is 0.944 bits per heavy atom. The maximum absolute atomic E-state index is 13.7. The molecule has 0 bridgehead atoms. The van der Waals surface area contributed by atoms with Gasteiger partial charge in [0, 0.05) is 17.6 Å². The van der Waals surface area contributed by atoms with Crippen molar-refractivity contribution in [3.05, 3.63) is 62.1 Å². The third-order valence-corrected chi connectivity index (χ3v) is 8.00. The van der Waals surface area contributed by atoms with Crippen LogP contribution in [0, 0.1) is 0 Å². The minimum Gasteiger partial charge on any atom is -0.352 e. The molecule has 36 heavy (non-hydrogen) atoms. The molecule has 2 rings (SSSR count). The van der Waals surface area contributed by atoms with E-state index >= 15 is 0 Å². The lowest BCUT2D eigenvalue weighted by atomic mass is 10.1. The molecule has 0 heterocycles. The van der Waals surface area contributed by atoms with Crippen molar-refractivity contribution in [1.29, 1.82) is 0 Å². The minimum absolute atomic E-state index is 0.00301. The summed E-state index contributed by atoms with van der Waals surface area (Å²) in [5.41, 5.74) is 0.686. The van der Waals surface area contributed by atoms with Crippen molar-refractivity contribution in [3.63, 3.8) is 0 Å². The second kappa shape index (κ2) is 13.2. The zero-order valence-corrected chi connectivity index (χ0v) is 24.2. The lowest BCUT2D eigenvalue weighted by Crippen LogP contribution is -2.53. The summed E-state index contributed by atoms with van der Waals surface area (Å²) < 4.78 is 26.3. The first-order valence-corrected chi connectivity index (χ1v) is 14.6. The molecule has 12 heteroatoms. The third kappa shape index (κ3) is 8.15. The molecule has 0 aliphatic carbocycles. The van der Waals surface area contributed by atoms with Crippen LogP contribution >= 0.6 is 46.4 Å².